The van der Waals surface area contributed by atoms with E-state index in [4.69, 9.17) is 4.74 Å². The van der Waals surface area contributed by atoms with Gasteiger partial charge in [-0.15, -0.1) is 0 Å². The van der Waals surface area contributed by atoms with Crippen LogP contribution in [0.2, 0.25) is 0 Å². The van der Waals surface area contributed by atoms with Gasteiger partial charge in [-0.1, -0.05) is 20.8 Å². The highest BCUT2D eigenvalue weighted by molar-refractivity contribution is 9.10. The van der Waals surface area contributed by atoms with E-state index in [-0.39, 0.29) is 24.2 Å². The molecule has 22 heavy (non-hydrogen) atoms. The molecule has 0 aromatic carbocycles. The molecule has 4 rings (SSSR count). The summed E-state index contributed by atoms with van der Waals surface area (Å²) in [6.45, 7) is 6.80. The fourth-order valence-corrected chi connectivity index (χ4v) is 4.61. The van der Waals surface area contributed by atoms with Crippen LogP contribution in [0.15, 0.2) is 27.6 Å². The smallest absolute Gasteiger partial charge is 0.326 e. The molecule has 120 valence electrons. The molecule has 0 amide bonds. The van der Waals surface area contributed by atoms with Crippen LogP contribution in [0, 0.1) is 23.2 Å². The second kappa shape index (κ2) is 5.52. The van der Waals surface area contributed by atoms with Crippen LogP contribution in [0.3, 0.4) is 0 Å². The van der Waals surface area contributed by atoms with Crippen molar-refractivity contribution in [2.75, 3.05) is 0 Å². The first-order valence-electron chi connectivity index (χ1n) is 7.84. The second-order valence-electron chi connectivity index (χ2n) is 7.30. The molecule has 0 radical (unpaired) electrons. The minimum Gasteiger partial charge on any atom is -0.461 e. The fraction of sp³-hybridized carbons (Fsp3) is 0.647. The number of aromatic nitrogens is 1. The van der Waals surface area contributed by atoms with Gasteiger partial charge in [0.1, 0.15) is 12.6 Å². The minimum absolute atomic E-state index is 0.00729. The normalized spacial score (nSPS) is 32.2. The maximum absolute atomic E-state index is 12.2. The van der Waals surface area contributed by atoms with Crippen molar-refractivity contribution in [3.63, 3.8) is 0 Å². The lowest BCUT2D eigenvalue weighted by Crippen LogP contribution is -2.57. The Balaban J connectivity index is 1.64. The molecule has 4 unspecified atom stereocenters. The van der Waals surface area contributed by atoms with Crippen LogP contribution in [-0.2, 0) is 16.1 Å². The van der Waals surface area contributed by atoms with Crippen molar-refractivity contribution in [3.05, 3.63) is 33.2 Å². The van der Waals surface area contributed by atoms with Crippen LogP contribution >= 0.6 is 15.9 Å². The van der Waals surface area contributed by atoms with E-state index < -0.39 is 0 Å². The van der Waals surface area contributed by atoms with Crippen molar-refractivity contribution in [1.82, 2.24) is 4.57 Å². The Morgan fingerprint density at radius 2 is 2.14 bits per heavy atom. The Labute approximate surface area is 139 Å². The molecule has 2 bridgehead atoms. The summed E-state index contributed by atoms with van der Waals surface area (Å²) in [6, 6.07) is 3.11. The van der Waals surface area contributed by atoms with Crippen LogP contribution in [0.5, 0.6) is 0 Å². The van der Waals surface area contributed by atoms with Gasteiger partial charge in [0.25, 0.3) is 5.56 Å². The van der Waals surface area contributed by atoms with Gasteiger partial charge in [-0.2, -0.15) is 0 Å². The number of pyridine rings is 1. The van der Waals surface area contributed by atoms with E-state index in [0.29, 0.717) is 23.2 Å². The van der Waals surface area contributed by atoms with E-state index >= 15 is 0 Å². The molecule has 1 aromatic heterocycles. The average molecular weight is 368 g/mol. The first-order chi connectivity index (χ1) is 10.3. The number of carbonyl (C=O) groups is 1. The maximum atomic E-state index is 12.2. The number of fused-ring (bicyclic) bond motifs is 2. The first kappa shape index (κ1) is 15.8. The summed E-state index contributed by atoms with van der Waals surface area (Å²) in [5.74, 6) is 1.36. The molecule has 3 fully saturated rings. The lowest BCUT2D eigenvalue weighted by Gasteiger charge is -2.61. The largest absolute Gasteiger partial charge is 0.461 e. The summed E-state index contributed by atoms with van der Waals surface area (Å²) in [6.07, 6.45) is 3.82. The predicted molar refractivity (Wildman–Crippen MR) is 87.4 cm³/mol. The van der Waals surface area contributed by atoms with Crippen molar-refractivity contribution < 1.29 is 9.53 Å². The molecule has 0 N–H and O–H groups in total. The van der Waals surface area contributed by atoms with Crippen LogP contribution in [0.4, 0.5) is 0 Å². The number of hydrogen-bond donors (Lipinski definition) is 0. The zero-order chi connectivity index (χ0) is 16.1. The Morgan fingerprint density at radius 3 is 2.77 bits per heavy atom. The quantitative estimate of drug-likeness (QED) is 0.770. The van der Waals surface area contributed by atoms with Gasteiger partial charge in [-0.05, 0) is 58.0 Å². The molecule has 4 atom stereocenters. The molecule has 1 aromatic rings. The summed E-state index contributed by atoms with van der Waals surface area (Å²) >= 11 is 3.31. The van der Waals surface area contributed by atoms with Gasteiger partial charge in [0.2, 0.25) is 0 Å². The molecule has 3 aliphatic rings. The van der Waals surface area contributed by atoms with E-state index in [9.17, 15) is 9.59 Å². The number of esters is 1. The number of hydrogen-bond acceptors (Lipinski definition) is 3. The Hall–Kier alpha value is -1.10. The molecule has 1 heterocycles. The highest BCUT2D eigenvalue weighted by Gasteiger charge is 2.57. The minimum atomic E-state index is -0.323. The molecule has 0 spiro atoms. The van der Waals surface area contributed by atoms with Crippen molar-refractivity contribution in [2.24, 2.45) is 23.2 Å². The van der Waals surface area contributed by atoms with E-state index in [2.05, 4.69) is 36.7 Å². The molecule has 0 saturated heterocycles. The van der Waals surface area contributed by atoms with E-state index in [0.717, 1.165) is 10.9 Å². The van der Waals surface area contributed by atoms with Crippen LogP contribution in [-0.4, -0.2) is 16.6 Å². The lowest BCUT2D eigenvalue weighted by molar-refractivity contribution is -0.186. The van der Waals surface area contributed by atoms with Crippen molar-refractivity contribution in [3.8, 4) is 0 Å². The van der Waals surface area contributed by atoms with Crippen molar-refractivity contribution in [1.29, 1.82) is 0 Å². The summed E-state index contributed by atoms with van der Waals surface area (Å²) in [7, 11) is 0. The summed E-state index contributed by atoms with van der Waals surface area (Å²) in [4.78, 5) is 23.9. The van der Waals surface area contributed by atoms with Gasteiger partial charge in [0, 0.05) is 16.7 Å². The Bertz CT molecular complexity index is 652. The van der Waals surface area contributed by atoms with Gasteiger partial charge in [-0.3, -0.25) is 9.59 Å². The van der Waals surface area contributed by atoms with Gasteiger partial charge >= 0.3 is 5.97 Å². The third-order valence-electron chi connectivity index (χ3n) is 5.81. The van der Waals surface area contributed by atoms with Crippen LogP contribution in [0.25, 0.3) is 0 Å². The third kappa shape index (κ3) is 2.64. The summed E-state index contributed by atoms with van der Waals surface area (Å²) < 4.78 is 7.83. The van der Waals surface area contributed by atoms with E-state index in [1.54, 1.807) is 12.3 Å². The van der Waals surface area contributed by atoms with E-state index in [1.807, 2.05) is 0 Å². The number of carbonyl (C=O) groups excluding carboxylic acids is 1. The Kier molecular flexibility index (Phi) is 3.96. The van der Waals surface area contributed by atoms with Crippen LogP contribution in [0.1, 0.15) is 33.6 Å². The van der Waals surface area contributed by atoms with Crippen molar-refractivity contribution >= 4 is 21.9 Å². The maximum Gasteiger partial charge on any atom is 0.326 e. The molecule has 3 saturated carbocycles. The van der Waals surface area contributed by atoms with Gasteiger partial charge in [0.15, 0.2) is 0 Å². The molecular formula is C17H22BrNO3. The third-order valence-corrected chi connectivity index (χ3v) is 6.28. The van der Waals surface area contributed by atoms with Gasteiger partial charge in [0.05, 0.1) is 0 Å². The Morgan fingerprint density at radius 1 is 1.41 bits per heavy atom. The number of rotatable bonds is 3. The average Bonchev–Trinajstić information content (AvgIpc) is 2.44. The first-order valence-corrected chi connectivity index (χ1v) is 8.64. The number of nitrogens with zero attached hydrogens (tertiary/aromatic N) is 1. The topological polar surface area (TPSA) is 48.3 Å². The SMILES string of the molecule is CC1C(OC(=O)Cn2cc(Br)ccc2=O)CC2CC1C2(C)C. The standard InChI is InChI=1S/C17H22BrNO3/c1-10-13-6-11(17(13,2)3)7-14(10)22-16(21)9-19-8-12(18)4-5-15(19)20/h4-5,8,10-11,13-14H,6-7,9H2,1-3H3. The molecule has 4 nitrogen and oxygen atoms in total. The molecular weight excluding hydrogens is 346 g/mol. The number of halogens is 1. The molecule has 3 aliphatic carbocycles. The van der Waals surface area contributed by atoms with Gasteiger partial charge < -0.3 is 9.30 Å². The number of ether oxygens (including phenoxy) is 1. The monoisotopic (exact) mass is 367 g/mol. The molecule has 5 heteroatoms. The highest BCUT2D eigenvalue weighted by Crippen LogP contribution is 2.61. The zero-order valence-electron chi connectivity index (χ0n) is 13.2. The van der Waals surface area contributed by atoms with Crippen molar-refractivity contribution in [2.45, 2.75) is 46.3 Å². The highest BCUT2D eigenvalue weighted by atomic mass is 79.9. The summed E-state index contributed by atoms with van der Waals surface area (Å²) in [5, 5.41) is 0. The second-order valence-corrected chi connectivity index (χ2v) is 8.21. The van der Waals surface area contributed by atoms with Gasteiger partial charge in [-0.25, -0.2) is 0 Å². The molecule has 0 aliphatic heterocycles. The zero-order valence-corrected chi connectivity index (χ0v) is 14.8. The van der Waals surface area contributed by atoms with Crippen LogP contribution < -0.4 is 5.56 Å². The lowest BCUT2D eigenvalue weighted by atomic mass is 9.45. The predicted octanol–water partition coefficient (Wildman–Crippen LogP) is 3.22. The summed E-state index contributed by atoms with van der Waals surface area (Å²) in [5.41, 5.74) is 0.185. The fourth-order valence-electron chi connectivity index (χ4n) is 4.23. The van der Waals surface area contributed by atoms with E-state index in [1.165, 1.54) is 17.1 Å².